The Balaban J connectivity index is 1.94. The van der Waals surface area contributed by atoms with Crippen molar-refractivity contribution in [2.45, 2.75) is 31.4 Å². The van der Waals surface area contributed by atoms with Gasteiger partial charge >= 0.3 is 0 Å². The summed E-state index contributed by atoms with van der Waals surface area (Å²) in [6, 6.07) is 0.457. The van der Waals surface area contributed by atoms with Crippen molar-refractivity contribution >= 4 is 0 Å². The Kier molecular flexibility index (Phi) is 1.24. The molecular formula is C7H13NO. The zero-order chi connectivity index (χ0) is 6.27. The second-order valence-electron chi connectivity index (χ2n) is 3.19. The molecule has 1 aliphatic heterocycles. The van der Waals surface area contributed by atoms with Crippen LogP contribution in [0.1, 0.15) is 19.3 Å². The van der Waals surface area contributed by atoms with Crippen LogP contribution < -0.4 is 5.32 Å². The number of aliphatic hydroxyl groups is 1. The fourth-order valence-electron chi connectivity index (χ4n) is 1.95. The van der Waals surface area contributed by atoms with Crippen LogP contribution in [0.2, 0.25) is 0 Å². The van der Waals surface area contributed by atoms with E-state index in [1.165, 1.54) is 12.8 Å². The molecule has 0 aromatic carbocycles. The second-order valence-corrected chi connectivity index (χ2v) is 3.19. The van der Waals surface area contributed by atoms with Crippen molar-refractivity contribution in [3.63, 3.8) is 0 Å². The largest absolute Gasteiger partial charge is 0.391 e. The lowest BCUT2D eigenvalue weighted by atomic mass is 9.72. The lowest BCUT2D eigenvalue weighted by Gasteiger charge is -2.45. The zero-order valence-electron chi connectivity index (χ0n) is 5.51. The highest BCUT2D eigenvalue weighted by Crippen LogP contribution is 2.34. The maximum atomic E-state index is 9.18. The molecule has 1 aliphatic carbocycles. The van der Waals surface area contributed by atoms with Crippen molar-refractivity contribution in [2.24, 2.45) is 5.92 Å². The van der Waals surface area contributed by atoms with Crippen LogP contribution in [-0.4, -0.2) is 23.8 Å². The quantitative estimate of drug-likeness (QED) is 0.484. The van der Waals surface area contributed by atoms with Gasteiger partial charge in [0, 0.05) is 6.04 Å². The first-order valence-corrected chi connectivity index (χ1v) is 3.79. The first-order chi connectivity index (χ1) is 4.38. The summed E-state index contributed by atoms with van der Waals surface area (Å²) in [7, 11) is 0. The van der Waals surface area contributed by atoms with Gasteiger partial charge in [0.05, 0.1) is 6.10 Å². The van der Waals surface area contributed by atoms with Gasteiger partial charge in [0.15, 0.2) is 0 Å². The standard InChI is InChI=1S/C7H13NO/c9-6-4-5-2-1-3-8-7(5)6/h5-9H,1-4H2. The van der Waals surface area contributed by atoms with Gasteiger partial charge in [0.1, 0.15) is 0 Å². The molecule has 0 spiro atoms. The van der Waals surface area contributed by atoms with Crippen molar-refractivity contribution in [3.8, 4) is 0 Å². The van der Waals surface area contributed by atoms with Crippen LogP contribution in [0, 0.1) is 5.92 Å². The smallest absolute Gasteiger partial charge is 0.0699 e. The highest BCUT2D eigenvalue weighted by atomic mass is 16.3. The summed E-state index contributed by atoms with van der Waals surface area (Å²) in [4.78, 5) is 0. The summed E-state index contributed by atoms with van der Waals surface area (Å²) in [5, 5.41) is 12.5. The minimum absolute atomic E-state index is 0.0321. The molecule has 1 saturated carbocycles. The highest BCUT2D eigenvalue weighted by Gasteiger charge is 2.40. The Hall–Kier alpha value is -0.0800. The van der Waals surface area contributed by atoms with Crippen LogP contribution in [0.5, 0.6) is 0 Å². The SMILES string of the molecule is OC1CC2CCCNC12. The first kappa shape index (κ1) is 5.69. The molecule has 52 valence electrons. The Morgan fingerprint density at radius 1 is 1.44 bits per heavy atom. The van der Waals surface area contributed by atoms with Crippen LogP contribution in [-0.2, 0) is 0 Å². The maximum absolute atomic E-state index is 9.18. The van der Waals surface area contributed by atoms with Crippen molar-refractivity contribution in [1.82, 2.24) is 5.32 Å². The predicted molar refractivity (Wildman–Crippen MR) is 35.1 cm³/mol. The van der Waals surface area contributed by atoms with E-state index in [1.807, 2.05) is 0 Å². The second kappa shape index (κ2) is 1.96. The average Bonchev–Trinajstić information content (AvgIpc) is 1.86. The van der Waals surface area contributed by atoms with Gasteiger partial charge in [-0.1, -0.05) is 0 Å². The summed E-state index contributed by atoms with van der Waals surface area (Å²) >= 11 is 0. The van der Waals surface area contributed by atoms with Gasteiger partial charge in [-0.3, -0.25) is 0 Å². The molecule has 3 unspecified atom stereocenters. The average molecular weight is 127 g/mol. The van der Waals surface area contributed by atoms with E-state index in [1.54, 1.807) is 0 Å². The number of piperidine rings is 1. The molecule has 0 aromatic rings. The first-order valence-electron chi connectivity index (χ1n) is 3.79. The number of rotatable bonds is 0. The Morgan fingerprint density at radius 3 is 2.89 bits per heavy atom. The fraction of sp³-hybridized carbons (Fsp3) is 1.00. The molecule has 2 rings (SSSR count). The summed E-state index contributed by atoms with van der Waals surface area (Å²) in [5.41, 5.74) is 0. The van der Waals surface area contributed by atoms with Gasteiger partial charge in [0.2, 0.25) is 0 Å². The molecule has 2 fully saturated rings. The molecule has 2 N–H and O–H groups in total. The Bertz CT molecular complexity index is 113. The topological polar surface area (TPSA) is 32.3 Å². The number of fused-ring (bicyclic) bond motifs is 1. The van der Waals surface area contributed by atoms with E-state index in [-0.39, 0.29) is 6.10 Å². The minimum Gasteiger partial charge on any atom is -0.391 e. The zero-order valence-corrected chi connectivity index (χ0v) is 5.51. The van der Waals surface area contributed by atoms with Crippen LogP contribution >= 0.6 is 0 Å². The van der Waals surface area contributed by atoms with Crippen molar-refractivity contribution in [3.05, 3.63) is 0 Å². The Morgan fingerprint density at radius 2 is 2.33 bits per heavy atom. The predicted octanol–water partition coefficient (Wildman–Crippen LogP) is 0.119. The van der Waals surface area contributed by atoms with Crippen LogP contribution in [0.15, 0.2) is 0 Å². The molecule has 1 saturated heterocycles. The van der Waals surface area contributed by atoms with Gasteiger partial charge in [-0.25, -0.2) is 0 Å². The molecule has 2 aliphatic rings. The third-order valence-electron chi connectivity index (χ3n) is 2.60. The molecule has 9 heavy (non-hydrogen) atoms. The number of hydrogen-bond donors (Lipinski definition) is 2. The molecule has 3 atom stereocenters. The van der Waals surface area contributed by atoms with E-state index in [0.717, 1.165) is 18.9 Å². The molecule has 0 amide bonds. The lowest BCUT2D eigenvalue weighted by molar-refractivity contribution is -0.0203. The summed E-state index contributed by atoms with van der Waals surface area (Å²) in [5.74, 6) is 0.800. The van der Waals surface area contributed by atoms with Gasteiger partial charge in [-0.2, -0.15) is 0 Å². The minimum atomic E-state index is -0.0321. The van der Waals surface area contributed by atoms with E-state index in [4.69, 9.17) is 0 Å². The lowest BCUT2D eigenvalue weighted by Crippen LogP contribution is -2.58. The molecule has 0 aromatic heterocycles. The van der Waals surface area contributed by atoms with E-state index in [2.05, 4.69) is 5.32 Å². The molecule has 1 heterocycles. The normalized spacial score (nSPS) is 49.7. The van der Waals surface area contributed by atoms with Crippen LogP contribution in [0.3, 0.4) is 0 Å². The van der Waals surface area contributed by atoms with E-state index in [9.17, 15) is 5.11 Å². The summed E-state index contributed by atoms with van der Waals surface area (Å²) < 4.78 is 0. The third-order valence-corrected chi connectivity index (χ3v) is 2.60. The van der Waals surface area contributed by atoms with Gasteiger partial charge in [-0.05, 0) is 31.7 Å². The van der Waals surface area contributed by atoms with Crippen molar-refractivity contribution in [1.29, 1.82) is 0 Å². The number of nitrogens with one attached hydrogen (secondary N) is 1. The molecule has 0 bridgehead atoms. The van der Waals surface area contributed by atoms with Gasteiger partial charge in [0.25, 0.3) is 0 Å². The van der Waals surface area contributed by atoms with E-state index in [0.29, 0.717) is 6.04 Å². The van der Waals surface area contributed by atoms with E-state index >= 15 is 0 Å². The maximum Gasteiger partial charge on any atom is 0.0699 e. The number of aliphatic hydroxyl groups excluding tert-OH is 1. The van der Waals surface area contributed by atoms with E-state index < -0.39 is 0 Å². The summed E-state index contributed by atoms with van der Waals surface area (Å²) in [6.07, 6.45) is 3.63. The molecule has 2 nitrogen and oxygen atoms in total. The molecule has 2 heteroatoms. The fourth-order valence-corrected chi connectivity index (χ4v) is 1.95. The van der Waals surface area contributed by atoms with Crippen LogP contribution in [0.25, 0.3) is 0 Å². The van der Waals surface area contributed by atoms with Gasteiger partial charge in [-0.15, -0.1) is 0 Å². The Labute approximate surface area is 55.3 Å². The monoisotopic (exact) mass is 127 g/mol. The summed E-state index contributed by atoms with van der Waals surface area (Å²) in [6.45, 7) is 1.11. The molecule has 0 radical (unpaired) electrons. The van der Waals surface area contributed by atoms with Crippen molar-refractivity contribution < 1.29 is 5.11 Å². The van der Waals surface area contributed by atoms with Crippen molar-refractivity contribution in [2.75, 3.05) is 6.54 Å². The van der Waals surface area contributed by atoms with Crippen LogP contribution in [0.4, 0.5) is 0 Å². The van der Waals surface area contributed by atoms with Gasteiger partial charge < -0.3 is 10.4 Å². The third kappa shape index (κ3) is 0.775. The number of hydrogen-bond acceptors (Lipinski definition) is 2. The molecular weight excluding hydrogens is 114 g/mol. The highest BCUT2D eigenvalue weighted by molar-refractivity contribution is 4.96.